The zero-order valence-electron chi connectivity index (χ0n) is 9.87. The van der Waals surface area contributed by atoms with Gasteiger partial charge in [-0.05, 0) is 18.2 Å². The first-order valence-electron chi connectivity index (χ1n) is 5.56. The molecular weight excluding hydrogens is 307 g/mol. The summed E-state index contributed by atoms with van der Waals surface area (Å²) < 4.78 is 28.9. The number of nitrogen functional groups attached to an aromatic ring is 1. The maximum absolute atomic E-state index is 14.0. The minimum atomic E-state index is -0.646. The smallest absolute Gasteiger partial charge is 0.206 e. The summed E-state index contributed by atoms with van der Waals surface area (Å²) in [6.07, 6.45) is 0. The summed E-state index contributed by atoms with van der Waals surface area (Å²) in [6, 6.07) is 6.68. The van der Waals surface area contributed by atoms with E-state index in [1.54, 1.807) is 0 Å². The molecule has 0 aliphatic rings. The SMILES string of the molecule is Nc1nc2cc(Cl)c(F)cc2n1-c1c(F)cccc1Cl. The molecular formula is C13H7Cl2F2N3. The van der Waals surface area contributed by atoms with E-state index in [-0.39, 0.29) is 27.2 Å². The van der Waals surface area contributed by atoms with Crippen molar-refractivity contribution in [3.63, 3.8) is 0 Å². The molecule has 1 aromatic heterocycles. The Bertz CT molecular complexity index is 810. The number of halogens is 4. The van der Waals surface area contributed by atoms with E-state index >= 15 is 0 Å². The number of benzene rings is 2. The molecule has 0 unspecified atom stereocenters. The summed E-state index contributed by atoms with van der Waals surface area (Å²) in [5.74, 6) is -1.24. The number of rotatable bonds is 1. The highest BCUT2D eigenvalue weighted by Crippen LogP contribution is 2.32. The van der Waals surface area contributed by atoms with Gasteiger partial charge < -0.3 is 5.73 Å². The molecule has 0 saturated carbocycles. The number of aromatic nitrogens is 2. The van der Waals surface area contributed by atoms with Crippen LogP contribution in [-0.2, 0) is 0 Å². The average molecular weight is 314 g/mol. The third-order valence-electron chi connectivity index (χ3n) is 2.88. The number of fused-ring (bicyclic) bond motifs is 1. The van der Waals surface area contributed by atoms with Gasteiger partial charge in [0.05, 0.1) is 21.1 Å². The molecule has 3 rings (SSSR count). The standard InChI is InChI=1S/C13H7Cl2F2N3/c14-6-2-1-3-8(16)12(6)20-11-5-9(17)7(15)4-10(11)19-13(20)18/h1-5H,(H2,18,19). The van der Waals surface area contributed by atoms with Crippen LogP contribution in [0.5, 0.6) is 0 Å². The fourth-order valence-electron chi connectivity index (χ4n) is 2.03. The summed E-state index contributed by atoms with van der Waals surface area (Å²) in [6.45, 7) is 0. The highest BCUT2D eigenvalue weighted by Gasteiger charge is 2.18. The van der Waals surface area contributed by atoms with Crippen LogP contribution in [-0.4, -0.2) is 9.55 Å². The van der Waals surface area contributed by atoms with Gasteiger partial charge in [0.25, 0.3) is 0 Å². The van der Waals surface area contributed by atoms with Crippen molar-refractivity contribution >= 4 is 40.2 Å². The van der Waals surface area contributed by atoms with Crippen molar-refractivity contribution in [3.8, 4) is 5.69 Å². The van der Waals surface area contributed by atoms with Crippen LogP contribution < -0.4 is 5.73 Å². The normalized spacial score (nSPS) is 11.2. The highest BCUT2D eigenvalue weighted by atomic mass is 35.5. The molecule has 102 valence electrons. The predicted molar refractivity (Wildman–Crippen MR) is 75.4 cm³/mol. The van der Waals surface area contributed by atoms with Crippen LogP contribution in [0.2, 0.25) is 10.0 Å². The highest BCUT2D eigenvalue weighted by molar-refractivity contribution is 6.32. The zero-order chi connectivity index (χ0) is 14.4. The second-order valence-corrected chi connectivity index (χ2v) is 4.95. The molecule has 7 heteroatoms. The van der Waals surface area contributed by atoms with Crippen molar-refractivity contribution in [2.75, 3.05) is 5.73 Å². The lowest BCUT2D eigenvalue weighted by Gasteiger charge is -2.09. The van der Waals surface area contributed by atoms with Crippen molar-refractivity contribution < 1.29 is 8.78 Å². The molecule has 0 atom stereocenters. The lowest BCUT2D eigenvalue weighted by atomic mass is 10.2. The second kappa shape index (κ2) is 4.61. The molecule has 0 aliphatic carbocycles. The van der Waals surface area contributed by atoms with Gasteiger partial charge in [0, 0.05) is 6.07 Å². The van der Waals surface area contributed by atoms with Crippen LogP contribution >= 0.6 is 23.2 Å². The molecule has 3 aromatic rings. The number of para-hydroxylation sites is 1. The van der Waals surface area contributed by atoms with Gasteiger partial charge in [0.15, 0.2) is 0 Å². The predicted octanol–water partition coefficient (Wildman–Crippen LogP) is 4.19. The molecule has 3 nitrogen and oxygen atoms in total. The Morgan fingerprint density at radius 1 is 1.05 bits per heavy atom. The quantitative estimate of drug-likeness (QED) is 0.732. The third kappa shape index (κ3) is 1.90. The Kier molecular flexibility index (Phi) is 3.03. The molecule has 20 heavy (non-hydrogen) atoms. The van der Waals surface area contributed by atoms with E-state index in [1.165, 1.54) is 28.8 Å². The van der Waals surface area contributed by atoms with E-state index in [0.717, 1.165) is 6.07 Å². The minimum absolute atomic E-state index is 0.00586. The number of nitrogens with zero attached hydrogens (tertiary/aromatic N) is 2. The molecule has 0 amide bonds. The molecule has 2 aromatic carbocycles. The van der Waals surface area contributed by atoms with Gasteiger partial charge in [-0.1, -0.05) is 29.3 Å². The van der Waals surface area contributed by atoms with Crippen LogP contribution in [0.3, 0.4) is 0 Å². The van der Waals surface area contributed by atoms with E-state index in [0.29, 0.717) is 5.52 Å². The van der Waals surface area contributed by atoms with E-state index in [2.05, 4.69) is 4.98 Å². The van der Waals surface area contributed by atoms with Gasteiger partial charge >= 0.3 is 0 Å². The average Bonchev–Trinajstić information content (AvgIpc) is 2.67. The van der Waals surface area contributed by atoms with Crippen molar-refractivity contribution in [2.24, 2.45) is 0 Å². The van der Waals surface area contributed by atoms with Gasteiger partial charge in [-0.15, -0.1) is 0 Å². The lowest BCUT2D eigenvalue weighted by Crippen LogP contribution is -2.03. The summed E-state index contributed by atoms with van der Waals surface area (Å²) in [5.41, 5.74) is 6.45. The monoisotopic (exact) mass is 313 g/mol. The summed E-state index contributed by atoms with van der Waals surface area (Å²) in [7, 11) is 0. The largest absolute Gasteiger partial charge is 0.369 e. The Labute approximate surface area is 122 Å². The van der Waals surface area contributed by atoms with Gasteiger partial charge in [0.1, 0.15) is 17.3 Å². The van der Waals surface area contributed by atoms with Crippen LogP contribution in [0.4, 0.5) is 14.7 Å². The maximum Gasteiger partial charge on any atom is 0.206 e. The van der Waals surface area contributed by atoms with Crippen LogP contribution in [0.15, 0.2) is 30.3 Å². The molecule has 0 fully saturated rings. The molecule has 0 aliphatic heterocycles. The van der Waals surface area contributed by atoms with Crippen molar-refractivity contribution in [2.45, 2.75) is 0 Å². The molecule has 1 heterocycles. The molecule has 0 bridgehead atoms. The van der Waals surface area contributed by atoms with Gasteiger partial charge in [0.2, 0.25) is 5.95 Å². The van der Waals surface area contributed by atoms with Crippen molar-refractivity contribution in [1.29, 1.82) is 0 Å². The van der Waals surface area contributed by atoms with Crippen LogP contribution in [0, 0.1) is 11.6 Å². The molecule has 2 N–H and O–H groups in total. The van der Waals surface area contributed by atoms with Gasteiger partial charge in [-0.25, -0.2) is 13.8 Å². The fourth-order valence-corrected chi connectivity index (χ4v) is 2.43. The third-order valence-corrected chi connectivity index (χ3v) is 3.48. The molecule has 0 saturated heterocycles. The Balaban J connectivity index is 2.42. The number of anilines is 1. The van der Waals surface area contributed by atoms with E-state index in [4.69, 9.17) is 28.9 Å². The Morgan fingerprint density at radius 3 is 2.50 bits per heavy atom. The van der Waals surface area contributed by atoms with Gasteiger partial charge in [-0.2, -0.15) is 0 Å². The number of imidazole rings is 1. The first-order valence-corrected chi connectivity index (χ1v) is 6.32. The zero-order valence-corrected chi connectivity index (χ0v) is 11.4. The van der Waals surface area contributed by atoms with E-state index in [9.17, 15) is 8.78 Å². The number of hydrogen-bond donors (Lipinski definition) is 1. The van der Waals surface area contributed by atoms with Crippen molar-refractivity contribution in [1.82, 2.24) is 9.55 Å². The Morgan fingerprint density at radius 2 is 1.80 bits per heavy atom. The first kappa shape index (κ1) is 13.1. The van der Waals surface area contributed by atoms with Crippen LogP contribution in [0.1, 0.15) is 0 Å². The summed E-state index contributed by atoms with van der Waals surface area (Å²) >= 11 is 11.7. The molecule has 0 radical (unpaired) electrons. The van der Waals surface area contributed by atoms with Gasteiger partial charge in [-0.3, -0.25) is 4.57 Å². The number of nitrogens with two attached hydrogens (primary N) is 1. The van der Waals surface area contributed by atoms with Crippen molar-refractivity contribution in [3.05, 3.63) is 52.0 Å². The number of hydrogen-bond acceptors (Lipinski definition) is 2. The fraction of sp³-hybridized carbons (Fsp3) is 0. The Hall–Kier alpha value is -1.85. The second-order valence-electron chi connectivity index (χ2n) is 4.13. The summed E-state index contributed by atoms with van der Waals surface area (Å²) in [4.78, 5) is 4.04. The lowest BCUT2D eigenvalue weighted by molar-refractivity contribution is 0.618. The maximum atomic E-state index is 14.0. The molecule has 0 spiro atoms. The van der Waals surface area contributed by atoms with E-state index < -0.39 is 11.6 Å². The van der Waals surface area contributed by atoms with Crippen LogP contribution in [0.25, 0.3) is 16.7 Å². The summed E-state index contributed by atoms with van der Waals surface area (Å²) in [5, 5.41) is 0.0631. The van der Waals surface area contributed by atoms with E-state index in [1.807, 2.05) is 0 Å². The topological polar surface area (TPSA) is 43.8 Å². The first-order chi connectivity index (χ1) is 9.49. The minimum Gasteiger partial charge on any atom is -0.369 e.